The van der Waals surface area contributed by atoms with Crippen LogP contribution in [0.1, 0.15) is 10.5 Å². The summed E-state index contributed by atoms with van der Waals surface area (Å²) >= 11 is 0. The van der Waals surface area contributed by atoms with Crippen molar-refractivity contribution >= 4 is 22.6 Å². The number of hydrogen-bond acceptors (Lipinski definition) is 6. The van der Waals surface area contributed by atoms with Crippen LogP contribution in [0.4, 0.5) is 0 Å². The minimum absolute atomic E-state index is 0.0544. The molecule has 3 rings (SSSR count). The van der Waals surface area contributed by atoms with E-state index < -0.39 is 11.8 Å². The lowest BCUT2D eigenvalue weighted by Crippen LogP contribution is -2.44. The van der Waals surface area contributed by atoms with Gasteiger partial charge in [-0.05, 0) is 6.07 Å². The fraction of sp³-hybridized carbons (Fsp3) is 0.0667. The third kappa shape index (κ3) is 3.24. The molecular formula is C15H12N6O3. The van der Waals surface area contributed by atoms with Gasteiger partial charge in [-0.2, -0.15) is 5.10 Å². The summed E-state index contributed by atoms with van der Waals surface area (Å²) in [6, 6.07) is 6.94. The first-order valence-electron chi connectivity index (χ1n) is 6.95. The molecule has 0 unspecified atom stereocenters. The molecule has 2 heterocycles. The van der Waals surface area contributed by atoms with Crippen molar-refractivity contribution in [2.24, 2.45) is 0 Å². The maximum atomic E-state index is 12.2. The lowest BCUT2D eigenvalue weighted by molar-refractivity contribution is -0.122. The van der Waals surface area contributed by atoms with E-state index in [2.05, 4.69) is 25.9 Å². The second-order valence-corrected chi connectivity index (χ2v) is 4.79. The number of nitrogens with one attached hydrogen (secondary N) is 2. The average molecular weight is 324 g/mol. The molecule has 3 aromatic rings. The zero-order valence-electron chi connectivity index (χ0n) is 12.3. The first kappa shape index (κ1) is 15.3. The van der Waals surface area contributed by atoms with Crippen LogP contribution in [0.15, 0.2) is 53.8 Å². The van der Waals surface area contributed by atoms with Gasteiger partial charge in [0.2, 0.25) is 0 Å². The molecule has 2 N–H and O–H groups in total. The molecule has 0 aliphatic rings. The fourth-order valence-electron chi connectivity index (χ4n) is 2.02. The lowest BCUT2D eigenvalue weighted by Gasteiger charge is -2.08. The molecule has 0 bridgehead atoms. The van der Waals surface area contributed by atoms with E-state index in [4.69, 9.17) is 0 Å². The van der Waals surface area contributed by atoms with Crippen LogP contribution in [0.2, 0.25) is 0 Å². The number of rotatable bonds is 3. The number of hydrazine groups is 1. The first-order chi connectivity index (χ1) is 11.6. The minimum atomic E-state index is -0.615. The van der Waals surface area contributed by atoms with Gasteiger partial charge in [-0.25, -0.2) is 9.67 Å². The molecule has 0 saturated heterocycles. The first-order valence-corrected chi connectivity index (χ1v) is 6.95. The maximum absolute atomic E-state index is 12.2. The van der Waals surface area contributed by atoms with Crippen LogP contribution in [0.3, 0.4) is 0 Å². The Kier molecular flexibility index (Phi) is 4.23. The van der Waals surface area contributed by atoms with Crippen molar-refractivity contribution in [3.05, 3.63) is 65.1 Å². The number of aromatic nitrogens is 4. The Balaban J connectivity index is 1.66. The number of carbonyl (C=O) groups is 2. The van der Waals surface area contributed by atoms with Crippen molar-refractivity contribution in [3.63, 3.8) is 0 Å². The predicted octanol–water partition coefficient (Wildman–Crippen LogP) is -0.352. The SMILES string of the molecule is O=C(Cn1ncc2ccccc2c1=O)NNC(=O)c1cnccn1. The molecule has 0 spiro atoms. The normalized spacial score (nSPS) is 10.3. The van der Waals surface area contributed by atoms with Crippen molar-refractivity contribution < 1.29 is 9.59 Å². The fourth-order valence-corrected chi connectivity index (χ4v) is 2.02. The highest BCUT2D eigenvalue weighted by atomic mass is 16.2. The van der Waals surface area contributed by atoms with Gasteiger partial charge >= 0.3 is 0 Å². The van der Waals surface area contributed by atoms with Crippen LogP contribution in [-0.2, 0) is 11.3 Å². The number of hydrogen-bond donors (Lipinski definition) is 2. The monoisotopic (exact) mass is 324 g/mol. The van der Waals surface area contributed by atoms with Gasteiger partial charge < -0.3 is 0 Å². The zero-order chi connectivity index (χ0) is 16.9. The highest BCUT2D eigenvalue weighted by Gasteiger charge is 2.11. The zero-order valence-corrected chi connectivity index (χ0v) is 12.3. The second-order valence-electron chi connectivity index (χ2n) is 4.79. The Hall–Kier alpha value is -3.62. The predicted molar refractivity (Wildman–Crippen MR) is 83.6 cm³/mol. The maximum Gasteiger partial charge on any atom is 0.289 e. The van der Waals surface area contributed by atoms with E-state index >= 15 is 0 Å². The molecule has 9 nitrogen and oxygen atoms in total. The Bertz CT molecular complexity index is 954. The van der Waals surface area contributed by atoms with Crippen LogP contribution < -0.4 is 16.4 Å². The molecule has 0 saturated carbocycles. The Morgan fingerprint density at radius 3 is 2.71 bits per heavy atom. The number of benzene rings is 1. The summed E-state index contributed by atoms with van der Waals surface area (Å²) < 4.78 is 1.02. The van der Waals surface area contributed by atoms with Crippen LogP contribution >= 0.6 is 0 Å². The lowest BCUT2D eigenvalue weighted by atomic mass is 10.2. The molecule has 1 aromatic carbocycles. The Morgan fingerprint density at radius 1 is 1.08 bits per heavy atom. The molecule has 120 valence electrons. The van der Waals surface area contributed by atoms with Gasteiger partial charge in [0, 0.05) is 17.8 Å². The smallest absolute Gasteiger partial charge is 0.271 e. The minimum Gasteiger partial charge on any atom is -0.271 e. The third-order valence-corrected chi connectivity index (χ3v) is 3.17. The molecule has 0 aliphatic heterocycles. The van der Waals surface area contributed by atoms with Gasteiger partial charge in [-0.3, -0.25) is 30.2 Å². The van der Waals surface area contributed by atoms with Gasteiger partial charge in [0.25, 0.3) is 17.4 Å². The van der Waals surface area contributed by atoms with E-state index in [1.54, 1.807) is 24.3 Å². The largest absolute Gasteiger partial charge is 0.289 e. The molecular weight excluding hydrogens is 312 g/mol. The van der Waals surface area contributed by atoms with Gasteiger partial charge in [0.15, 0.2) is 0 Å². The number of fused-ring (bicyclic) bond motifs is 1. The molecule has 24 heavy (non-hydrogen) atoms. The highest BCUT2D eigenvalue weighted by molar-refractivity contribution is 5.93. The number of carbonyl (C=O) groups excluding carboxylic acids is 2. The van der Waals surface area contributed by atoms with E-state index in [1.165, 1.54) is 24.8 Å². The summed E-state index contributed by atoms with van der Waals surface area (Å²) in [5, 5.41) is 5.09. The standard InChI is InChI=1S/C15H12N6O3/c22-13(19-20-14(23)12-8-16-5-6-17-12)9-21-15(24)11-4-2-1-3-10(11)7-18-21/h1-8H,9H2,(H,19,22)(H,20,23). The summed E-state index contributed by atoms with van der Waals surface area (Å²) in [6.45, 7) is -0.329. The van der Waals surface area contributed by atoms with Gasteiger partial charge in [0.05, 0.1) is 17.8 Å². The Morgan fingerprint density at radius 2 is 1.92 bits per heavy atom. The van der Waals surface area contributed by atoms with Crippen LogP contribution in [0.25, 0.3) is 10.8 Å². The van der Waals surface area contributed by atoms with E-state index in [-0.39, 0.29) is 17.8 Å². The quantitative estimate of drug-likeness (QED) is 0.636. The molecule has 0 radical (unpaired) electrons. The summed E-state index contributed by atoms with van der Waals surface area (Å²) in [4.78, 5) is 43.4. The van der Waals surface area contributed by atoms with Gasteiger partial charge in [-0.1, -0.05) is 18.2 Å². The number of nitrogens with zero attached hydrogens (tertiary/aromatic N) is 4. The molecule has 2 amide bonds. The molecule has 0 fully saturated rings. The van der Waals surface area contributed by atoms with Gasteiger partial charge in [0.1, 0.15) is 12.2 Å². The van der Waals surface area contributed by atoms with Crippen molar-refractivity contribution in [2.75, 3.05) is 0 Å². The highest BCUT2D eigenvalue weighted by Crippen LogP contribution is 2.06. The Labute approximate surface area is 135 Å². The van der Waals surface area contributed by atoms with E-state index in [9.17, 15) is 14.4 Å². The molecule has 2 aromatic heterocycles. The molecule has 9 heteroatoms. The van der Waals surface area contributed by atoms with Gasteiger partial charge in [-0.15, -0.1) is 0 Å². The number of amides is 2. The van der Waals surface area contributed by atoms with E-state index in [0.29, 0.717) is 10.8 Å². The second kappa shape index (κ2) is 6.65. The van der Waals surface area contributed by atoms with Crippen LogP contribution in [-0.4, -0.2) is 31.6 Å². The van der Waals surface area contributed by atoms with Crippen molar-refractivity contribution in [1.29, 1.82) is 0 Å². The van der Waals surface area contributed by atoms with Crippen LogP contribution in [0.5, 0.6) is 0 Å². The van der Waals surface area contributed by atoms with Crippen LogP contribution in [0, 0.1) is 0 Å². The topological polar surface area (TPSA) is 119 Å². The summed E-state index contributed by atoms with van der Waals surface area (Å²) in [7, 11) is 0. The summed E-state index contributed by atoms with van der Waals surface area (Å²) in [5.74, 6) is -1.22. The summed E-state index contributed by atoms with van der Waals surface area (Å²) in [6.07, 6.45) is 5.54. The van der Waals surface area contributed by atoms with E-state index in [1.807, 2.05) is 0 Å². The van der Waals surface area contributed by atoms with Crippen molar-refractivity contribution in [1.82, 2.24) is 30.6 Å². The van der Waals surface area contributed by atoms with Crippen molar-refractivity contribution in [3.8, 4) is 0 Å². The average Bonchev–Trinajstić information content (AvgIpc) is 2.63. The molecule has 0 atom stereocenters. The third-order valence-electron chi connectivity index (χ3n) is 3.17. The van der Waals surface area contributed by atoms with Crippen molar-refractivity contribution in [2.45, 2.75) is 6.54 Å². The summed E-state index contributed by atoms with van der Waals surface area (Å²) in [5.41, 5.74) is 4.06. The molecule has 0 aliphatic carbocycles. The van der Waals surface area contributed by atoms with E-state index in [0.717, 1.165) is 4.68 Å².